The van der Waals surface area contributed by atoms with Crippen LogP contribution in [0.2, 0.25) is 0 Å². The summed E-state index contributed by atoms with van der Waals surface area (Å²) in [6, 6.07) is -1.77. The van der Waals surface area contributed by atoms with Crippen molar-refractivity contribution in [3.63, 3.8) is 0 Å². The highest BCUT2D eigenvalue weighted by molar-refractivity contribution is 5.90. The molecular formula is C12H23N3O5. The van der Waals surface area contributed by atoms with E-state index in [9.17, 15) is 19.6 Å². The minimum Gasteiger partial charge on any atom is -0.444 e. The Morgan fingerprint density at radius 1 is 1.30 bits per heavy atom. The molecule has 20 heavy (non-hydrogen) atoms. The number of primary amides is 1. The third-order valence-electron chi connectivity index (χ3n) is 2.11. The predicted octanol–water partition coefficient (Wildman–Crippen LogP) is 0.381. The zero-order chi connectivity index (χ0) is 16.1. The van der Waals surface area contributed by atoms with Crippen LogP contribution in [0.4, 0.5) is 4.79 Å². The highest BCUT2D eigenvalue weighted by atomic mass is 16.6. The van der Waals surface area contributed by atoms with Crippen molar-refractivity contribution in [3.05, 3.63) is 0 Å². The summed E-state index contributed by atoms with van der Waals surface area (Å²) in [6.07, 6.45) is -1.30. The van der Waals surface area contributed by atoms with Crippen LogP contribution in [0.1, 0.15) is 41.0 Å². The lowest BCUT2D eigenvalue weighted by Gasteiger charge is -2.26. The van der Waals surface area contributed by atoms with Crippen LogP contribution in [0.5, 0.6) is 0 Å². The smallest absolute Gasteiger partial charge is 0.408 e. The molecule has 0 bridgehead atoms. The predicted molar refractivity (Wildman–Crippen MR) is 70.7 cm³/mol. The maximum absolute atomic E-state index is 11.9. The van der Waals surface area contributed by atoms with Crippen molar-refractivity contribution in [1.29, 1.82) is 0 Å². The van der Waals surface area contributed by atoms with Crippen LogP contribution in [0.3, 0.4) is 0 Å². The molecule has 0 unspecified atom stereocenters. The molecule has 0 aliphatic rings. The second kappa shape index (κ2) is 7.09. The van der Waals surface area contributed by atoms with Crippen LogP contribution in [-0.4, -0.2) is 45.9 Å². The summed E-state index contributed by atoms with van der Waals surface area (Å²) in [5.74, 6) is -1.61. The maximum atomic E-state index is 11.9. The molecule has 0 rings (SSSR count). The second-order valence-corrected chi connectivity index (χ2v) is 5.65. The number of alkyl carbamates (subject to hydrolysis) is 1. The minimum atomic E-state index is -1.27. The van der Waals surface area contributed by atoms with Crippen molar-refractivity contribution in [3.8, 4) is 0 Å². The van der Waals surface area contributed by atoms with Gasteiger partial charge in [-0.15, -0.1) is 0 Å². The number of nitrogens with two attached hydrogens (primary N) is 1. The average Bonchev–Trinajstić information content (AvgIpc) is 2.22. The summed E-state index contributed by atoms with van der Waals surface area (Å²) in [6.45, 7) is 8.12. The SMILES string of the molecule is CC(C)N(O)C(=O)[C@@H](CC(N)=O)NC(=O)OC(C)(C)C. The van der Waals surface area contributed by atoms with Gasteiger partial charge in [-0.25, -0.2) is 9.86 Å². The molecule has 0 radical (unpaired) electrons. The molecule has 4 N–H and O–H groups in total. The molecule has 0 aliphatic heterocycles. The third kappa shape index (κ3) is 6.93. The van der Waals surface area contributed by atoms with Crippen LogP contribution < -0.4 is 11.1 Å². The average molecular weight is 289 g/mol. The van der Waals surface area contributed by atoms with Gasteiger partial charge in [0.2, 0.25) is 5.91 Å². The molecule has 0 heterocycles. The number of carbonyl (C=O) groups is 3. The van der Waals surface area contributed by atoms with E-state index in [1.807, 2.05) is 0 Å². The van der Waals surface area contributed by atoms with Crippen LogP contribution in [0, 0.1) is 0 Å². The lowest BCUT2D eigenvalue weighted by atomic mass is 10.1. The Balaban J connectivity index is 4.85. The number of carbonyl (C=O) groups excluding carboxylic acids is 3. The standard InChI is InChI=1S/C12H23N3O5/c1-7(2)15(19)10(17)8(6-9(13)16)14-11(18)20-12(3,4)5/h7-8,19H,6H2,1-5H3,(H2,13,16)(H,14,18)/t8-/m1/s1. The Labute approximate surface area is 118 Å². The number of amides is 3. The summed E-state index contributed by atoms with van der Waals surface area (Å²) in [5.41, 5.74) is 4.28. The second-order valence-electron chi connectivity index (χ2n) is 5.65. The molecule has 1 atom stereocenters. The molecule has 0 aromatic rings. The van der Waals surface area contributed by atoms with E-state index < -0.39 is 42.0 Å². The molecule has 0 fully saturated rings. The molecule has 8 heteroatoms. The lowest BCUT2D eigenvalue weighted by Crippen LogP contribution is -2.51. The molecule has 0 aromatic carbocycles. The number of hydrogen-bond acceptors (Lipinski definition) is 5. The van der Waals surface area contributed by atoms with Gasteiger partial charge in [0.25, 0.3) is 5.91 Å². The van der Waals surface area contributed by atoms with Crippen LogP contribution in [0.15, 0.2) is 0 Å². The first-order valence-corrected chi connectivity index (χ1v) is 6.23. The van der Waals surface area contributed by atoms with E-state index in [0.717, 1.165) is 0 Å². The van der Waals surface area contributed by atoms with Crippen LogP contribution >= 0.6 is 0 Å². The van der Waals surface area contributed by atoms with E-state index in [2.05, 4.69) is 5.32 Å². The van der Waals surface area contributed by atoms with Gasteiger partial charge in [0.15, 0.2) is 0 Å². The summed E-state index contributed by atoms with van der Waals surface area (Å²) in [5, 5.41) is 12.2. The van der Waals surface area contributed by atoms with Crippen molar-refractivity contribution in [2.24, 2.45) is 5.73 Å². The molecule has 0 spiro atoms. The van der Waals surface area contributed by atoms with E-state index in [-0.39, 0.29) is 0 Å². The fraction of sp³-hybridized carbons (Fsp3) is 0.750. The third-order valence-corrected chi connectivity index (χ3v) is 2.11. The Hall–Kier alpha value is -1.83. The molecular weight excluding hydrogens is 266 g/mol. The summed E-state index contributed by atoms with van der Waals surface area (Å²) in [7, 11) is 0. The highest BCUT2D eigenvalue weighted by Crippen LogP contribution is 2.08. The van der Waals surface area contributed by atoms with Gasteiger partial charge >= 0.3 is 6.09 Å². The lowest BCUT2D eigenvalue weighted by molar-refractivity contribution is -0.175. The van der Waals surface area contributed by atoms with Crippen molar-refractivity contribution < 1.29 is 24.3 Å². The van der Waals surface area contributed by atoms with Gasteiger partial charge in [-0.2, -0.15) is 0 Å². The molecule has 116 valence electrons. The van der Waals surface area contributed by atoms with Gasteiger partial charge in [0.1, 0.15) is 11.6 Å². The molecule has 0 aliphatic carbocycles. The van der Waals surface area contributed by atoms with Gasteiger partial charge in [-0.1, -0.05) is 0 Å². The van der Waals surface area contributed by atoms with E-state index in [1.54, 1.807) is 34.6 Å². The van der Waals surface area contributed by atoms with Gasteiger partial charge in [0.05, 0.1) is 12.5 Å². The van der Waals surface area contributed by atoms with Gasteiger partial charge in [-0.3, -0.25) is 14.8 Å². The molecule has 0 saturated heterocycles. The molecule has 3 amide bonds. The first-order valence-electron chi connectivity index (χ1n) is 6.23. The minimum absolute atomic E-state index is 0.429. The number of nitrogens with one attached hydrogen (secondary N) is 1. The van der Waals surface area contributed by atoms with Crippen LogP contribution in [0.25, 0.3) is 0 Å². The fourth-order valence-electron chi connectivity index (χ4n) is 1.27. The zero-order valence-corrected chi connectivity index (χ0v) is 12.5. The first-order chi connectivity index (χ1) is 8.94. The van der Waals surface area contributed by atoms with E-state index >= 15 is 0 Å². The number of nitrogens with zero attached hydrogens (tertiary/aromatic N) is 1. The Morgan fingerprint density at radius 3 is 2.15 bits per heavy atom. The largest absolute Gasteiger partial charge is 0.444 e. The summed E-state index contributed by atoms with van der Waals surface area (Å²) >= 11 is 0. The van der Waals surface area contributed by atoms with E-state index in [4.69, 9.17) is 10.5 Å². The number of hydroxylamine groups is 2. The summed E-state index contributed by atoms with van der Waals surface area (Å²) < 4.78 is 4.99. The Morgan fingerprint density at radius 2 is 1.80 bits per heavy atom. The van der Waals surface area contributed by atoms with Crippen molar-refractivity contribution in [1.82, 2.24) is 10.4 Å². The number of hydrogen-bond donors (Lipinski definition) is 3. The normalized spacial score (nSPS) is 12.8. The number of rotatable bonds is 5. The topological polar surface area (TPSA) is 122 Å². The van der Waals surface area contributed by atoms with Gasteiger partial charge < -0.3 is 15.8 Å². The van der Waals surface area contributed by atoms with E-state index in [1.165, 1.54) is 0 Å². The van der Waals surface area contributed by atoms with Gasteiger partial charge in [0, 0.05) is 0 Å². The maximum Gasteiger partial charge on any atom is 0.408 e. The van der Waals surface area contributed by atoms with Crippen LogP contribution in [-0.2, 0) is 14.3 Å². The van der Waals surface area contributed by atoms with Crippen molar-refractivity contribution >= 4 is 17.9 Å². The molecule has 0 aromatic heterocycles. The molecule has 0 saturated carbocycles. The Bertz CT molecular complexity index is 376. The molecule has 8 nitrogen and oxygen atoms in total. The van der Waals surface area contributed by atoms with E-state index in [0.29, 0.717) is 5.06 Å². The number of ether oxygens (including phenoxy) is 1. The quantitative estimate of drug-likeness (QED) is 0.499. The fourth-order valence-corrected chi connectivity index (χ4v) is 1.27. The zero-order valence-electron chi connectivity index (χ0n) is 12.5. The Kier molecular flexibility index (Phi) is 6.44. The highest BCUT2D eigenvalue weighted by Gasteiger charge is 2.30. The first kappa shape index (κ1) is 18.2. The van der Waals surface area contributed by atoms with Crippen molar-refractivity contribution in [2.75, 3.05) is 0 Å². The van der Waals surface area contributed by atoms with Gasteiger partial charge in [-0.05, 0) is 34.6 Å². The summed E-state index contributed by atoms with van der Waals surface area (Å²) in [4.78, 5) is 34.5. The monoisotopic (exact) mass is 289 g/mol. The van der Waals surface area contributed by atoms with Crippen molar-refractivity contribution in [2.45, 2.75) is 58.7 Å².